The van der Waals surface area contributed by atoms with E-state index in [1.54, 1.807) is 6.07 Å². The highest BCUT2D eigenvalue weighted by Crippen LogP contribution is 2.30. The van der Waals surface area contributed by atoms with Crippen LogP contribution in [0.4, 0.5) is 10.1 Å². The molecular formula is C11H11ClFNO2. The highest BCUT2D eigenvalue weighted by Gasteiger charge is 2.31. The lowest BCUT2D eigenvalue weighted by Gasteiger charge is -2.19. The van der Waals surface area contributed by atoms with Crippen molar-refractivity contribution in [1.82, 2.24) is 0 Å². The van der Waals surface area contributed by atoms with E-state index in [4.69, 9.17) is 16.7 Å². The zero-order valence-electron chi connectivity index (χ0n) is 8.49. The van der Waals surface area contributed by atoms with E-state index in [0.29, 0.717) is 5.56 Å². The molecule has 1 fully saturated rings. The van der Waals surface area contributed by atoms with Crippen molar-refractivity contribution in [3.8, 4) is 0 Å². The van der Waals surface area contributed by atoms with E-state index in [2.05, 4.69) is 0 Å². The van der Waals surface area contributed by atoms with Crippen molar-refractivity contribution in [1.29, 1.82) is 0 Å². The number of para-hydroxylation sites is 1. The average Bonchev–Trinajstić information content (AvgIpc) is 2.57. The predicted octanol–water partition coefficient (Wildman–Crippen LogP) is 1.66. The summed E-state index contributed by atoms with van der Waals surface area (Å²) in [7, 11) is 0. The van der Waals surface area contributed by atoms with Gasteiger partial charge in [0.05, 0.1) is 17.7 Å². The van der Waals surface area contributed by atoms with Crippen LogP contribution in [0.3, 0.4) is 0 Å². The first-order chi connectivity index (χ1) is 7.63. The summed E-state index contributed by atoms with van der Waals surface area (Å²) in [5.41, 5.74) is 0.553. The highest BCUT2D eigenvalue weighted by molar-refractivity contribution is 6.24. The molecule has 1 aliphatic rings. The molecule has 2 rings (SSSR count). The van der Waals surface area contributed by atoms with Gasteiger partial charge in [0.15, 0.2) is 0 Å². The number of amides is 1. The Kier molecular flexibility index (Phi) is 3.12. The molecule has 1 aromatic rings. The smallest absolute Gasteiger partial charge is 0.228 e. The van der Waals surface area contributed by atoms with Gasteiger partial charge in [-0.2, -0.15) is 0 Å². The first-order valence-electron chi connectivity index (χ1n) is 4.96. The van der Waals surface area contributed by atoms with Gasteiger partial charge in [0.1, 0.15) is 5.82 Å². The van der Waals surface area contributed by atoms with Crippen LogP contribution in [0.25, 0.3) is 0 Å². The normalized spacial score (nSPS) is 20.6. The van der Waals surface area contributed by atoms with Crippen molar-refractivity contribution < 1.29 is 14.3 Å². The number of carbonyl (C=O) groups is 1. The fourth-order valence-electron chi connectivity index (χ4n) is 1.87. The minimum absolute atomic E-state index is 0.151. The van der Waals surface area contributed by atoms with Crippen molar-refractivity contribution >= 4 is 23.2 Å². The first-order valence-corrected chi connectivity index (χ1v) is 5.40. The maximum absolute atomic E-state index is 13.6. The molecule has 1 atom stereocenters. The van der Waals surface area contributed by atoms with Gasteiger partial charge in [-0.25, -0.2) is 4.39 Å². The molecule has 1 heterocycles. The van der Waals surface area contributed by atoms with Crippen LogP contribution in [0.15, 0.2) is 18.2 Å². The van der Waals surface area contributed by atoms with Crippen molar-refractivity contribution in [3.05, 3.63) is 29.6 Å². The van der Waals surface area contributed by atoms with Gasteiger partial charge in [0, 0.05) is 18.5 Å². The second kappa shape index (κ2) is 4.39. The number of hydrogen-bond donors (Lipinski definition) is 1. The van der Waals surface area contributed by atoms with Crippen LogP contribution in [0.5, 0.6) is 0 Å². The summed E-state index contributed by atoms with van der Waals surface area (Å²) in [4.78, 5) is 12.9. The number of carbonyl (C=O) groups excluding carboxylic acids is 1. The van der Waals surface area contributed by atoms with Gasteiger partial charge in [-0.3, -0.25) is 4.79 Å². The molecule has 0 radical (unpaired) electrons. The minimum atomic E-state index is -0.509. The van der Waals surface area contributed by atoms with Crippen LogP contribution in [0.2, 0.25) is 0 Å². The fraction of sp³-hybridized carbons (Fsp3) is 0.364. The maximum Gasteiger partial charge on any atom is 0.228 e. The summed E-state index contributed by atoms with van der Waals surface area (Å²) in [6.45, 7) is -0.0157. The molecule has 1 saturated heterocycles. The lowest BCUT2D eigenvalue weighted by atomic mass is 10.1. The lowest BCUT2D eigenvalue weighted by molar-refractivity contribution is -0.117. The van der Waals surface area contributed by atoms with Gasteiger partial charge in [-0.15, -0.1) is 11.6 Å². The lowest BCUT2D eigenvalue weighted by Crippen LogP contribution is -2.27. The van der Waals surface area contributed by atoms with Crippen LogP contribution in [0, 0.1) is 5.82 Å². The van der Waals surface area contributed by atoms with Gasteiger partial charge in [-0.05, 0) is 6.07 Å². The van der Waals surface area contributed by atoms with Crippen LogP contribution < -0.4 is 4.90 Å². The molecule has 0 spiro atoms. The summed E-state index contributed by atoms with van der Waals surface area (Å²) in [5.74, 6) is -0.717. The number of aliphatic hydroxyl groups is 1. The highest BCUT2D eigenvalue weighted by atomic mass is 35.5. The summed E-state index contributed by atoms with van der Waals surface area (Å²) >= 11 is 5.85. The molecule has 1 N–H and O–H groups in total. The first kappa shape index (κ1) is 11.4. The third-order valence-corrected chi connectivity index (χ3v) is 2.88. The Morgan fingerprint density at radius 1 is 1.56 bits per heavy atom. The molecule has 86 valence electrons. The fourth-order valence-corrected chi connectivity index (χ4v) is 2.14. The Bertz CT molecular complexity index is 424. The van der Waals surface area contributed by atoms with Gasteiger partial charge in [0.25, 0.3) is 0 Å². The number of halogens is 2. The Hall–Kier alpha value is -1.13. The van der Waals surface area contributed by atoms with Crippen molar-refractivity contribution in [2.75, 3.05) is 11.4 Å². The standard InChI is InChI=1S/C11H11ClFNO2/c12-8-4-10(16)14(5-8)11-7(6-15)2-1-3-9(11)13/h1-3,8,15H,4-6H2. The van der Waals surface area contributed by atoms with Crippen molar-refractivity contribution in [2.45, 2.75) is 18.4 Å². The molecule has 5 heteroatoms. The van der Waals surface area contributed by atoms with Crippen LogP contribution >= 0.6 is 11.6 Å². The molecule has 1 aliphatic heterocycles. The Morgan fingerprint density at radius 3 is 2.88 bits per heavy atom. The topological polar surface area (TPSA) is 40.5 Å². The third kappa shape index (κ3) is 1.90. The van der Waals surface area contributed by atoms with E-state index in [1.807, 2.05) is 0 Å². The molecule has 3 nitrogen and oxygen atoms in total. The molecule has 1 aromatic carbocycles. The predicted molar refractivity (Wildman–Crippen MR) is 58.9 cm³/mol. The van der Waals surface area contributed by atoms with Gasteiger partial charge in [-0.1, -0.05) is 12.1 Å². The number of hydrogen-bond acceptors (Lipinski definition) is 2. The van der Waals surface area contributed by atoms with Crippen molar-refractivity contribution in [3.63, 3.8) is 0 Å². The monoisotopic (exact) mass is 243 g/mol. The van der Waals surface area contributed by atoms with E-state index in [9.17, 15) is 9.18 Å². The van der Waals surface area contributed by atoms with Gasteiger partial charge in [0.2, 0.25) is 5.91 Å². The minimum Gasteiger partial charge on any atom is -0.392 e. The summed E-state index contributed by atoms with van der Waals surface area (Å²) in [6, 6.07) is 4.36. The maximum atomic E-state index is 13.6. The molecule has 16 heavy (non-hydrogen) atoms. The zero-order chi connectivity index (χ0) is 11.7. The van der Waals surface area contributed by atoms with Crippen molar-refractivity contribution in [2.24, 2.45) is 0 Å². The SMILES string of the molecule is O=C1CC(Cl)CN1c1c(F)cccc1CO. The molecule has 1 unspecified atom stereocenters. The van der Waals surface area contributed by atoms with Crippen LogP contribution in [-0.2, 0) is 11.4 Å². The number of alkyl halides is 1. The number of nitrogens with zero attached hydrogens (tertiary/aromatic N) is 1. The second-order valence-corrected chi connectivity index (χ2v) is 4.33. The van der Waals surface area contributed by atoms with Gasteiger partial charge < -0.3 is 10.0 Å². The molecule has 0 saturated carbocycles. The Balaban J connectivity index is 2.43. The number of aliphatic hydroxyl groups excluding tert-OH is 1. The number of anilines is 1. The van der Waals surface area contributed by atoms with E-state index < -0.39 is 5.82 Å². The second-order valence-electron chi connectivity index (χ2n) is 3.71. The van der Waals surface area contributed by atoms with Crippen LogP contribution in [0.1, 0.15) is 12.0 Å². The summed E-state index contributed by atoms with van der Waals surface area (Å²) in [5, 5.41) is 8.82. The number of benzene rings is 1. The molecule has 0 aromatic heterocycles. The molecular weight excluding hydrogens is 233 g/mol. The number of rotatable bonds is 2. The van der Waals surface area contributed by atoms with E-state index in [-0.39, 0.29) is 36.5 Å². The average molecular weight is 244 g/mol. The summed E-state index contributed by atoms with van der Waals surface area (Å²) < 4.78 is 13.6. The zero-order valence-corrected chi connectivity index (χ0v) is 9.25. The third-order valence-electron chi connectivity index (χ3n) is 2.59. The van der Waals surface area contributed by atoms with Gasteiger partial charge >= 0.3 is 0 Å². The molecule has 0 aliphatic carbocycles. The molecule has 0 bridgehead atoms. The largest absolute Gasteiger partial charge is 0.392 e. The van der Waals surface area contributed by atoms with E-state index in [0.717, 1.165) is 0 Å². The summed E-state index contributed by atoms with van der Waals surface area (Å²) in [6.07, 6.45) is 0.209. The molecule has 1 amide bonds. The Morgan fingerprint density at radius 2 is 2.31 bits per heavy atom. The van der Waals surface area contributed by atoms with E-state index >= 15 is 0 Å². The van der Waals surface area contributed by atoms with Crippen LogP contribution in [-0.4, -0.2) is 22.9 Å². The van der Waals surface area contributed by atoms with E-state index in [1.165, 1.54) is 17.0 Å². The Labute approximate surface area is 97.4 Å². The quantitative estimate of drug-likeness (QED) is 0.803.